The molecule has 0 aliphatic carbocycles. The highest BCUT2D eigenvalue weighted by molar-refractivity contribution is 7.91. The third-order valence-electron chi connectivity index (χ3n) is 3.54. The summed E-state index contributed by atoms with van der Waals surface area (Å²) < 4.78 is 22.6. The lowest BCUT2D eigenvalue weighted by Gasteiger charge is -2.20. The minimum absolute atomic E-state index is 0.101. The van der Waals surface area contributed by atoms with E-state index >= 15 is 0 Å². The molecule has 1 atom stereocenters. The van der Waals surface area contributed by atoms with Crippen molar-refractivity contribution in [2.24, 2.45) is 10.7 Å². The van der Waals surface area contributed by atoms with Gasteiger partial charge in [0.1, 0.15) is 0 Å². The molecular weight excluding hydrogens is 264 g/mol. The predicted octanol–water partition coefficient (Wildman–Crippen LogP) is -0.190. The molecule has 0 aromatic carbocycles. The average Bonchev–Trinajstić information content (AvgIpc) is 2.83. The Bertz CT molecular complexity index is 395. The molecule has 1 fully saturated rings. The van der Waals surface area contributed by atoms with Crippen molar-refractivity contribution in [3.05, 3.63) is 0 Å². The number of rotatable bonds is 7. The van der Waals surface area contributed by atoms with Crippen LogP contribution in [0.4, 0.5) is 0 Å². The van der Waals surface area contributed by atoms with Gasteiger partial charge in [-0.05, 0) is 25.9 Å². The van der Waals surface area contributed by atoms with E-state index in [9.17, 15) is 8.42 Å². The molecule has 19 heavy (non-hydrogen) atoms. The van der Waals surface area contributed by atoms with Crippen molar-refractivity contribution in [2.45, 2.75) is 32.7 Å². The van der Waals surface area contributed by atoms with E-state index in [2.05, 4.69) is 22.1 Å². The quantitative estimate of drug-likeness (QED) is 0.501. The zero-order valence-corrected chi connectivity index (χ0v) is 12.7. The first-order valence-corrected chi connectivity index (χ1v) is 8.79. The summed E-state index contributed by atoms with van der Waals surface area (Å²) in [4.78, 5) is 6.70. The van der Waals surface area contributed by atoms with Crippen LogP contribution >= 0.6 is 0 Å². The summed E-state index contributed by atoms with van der Waals surface area (Å²) in [6, 6.07) is 0.477. The van der Waals surface area contributed by atoms with Crippen molar-refractivity contribution in [1.29, 1.82) is 0 Å². The summed E-state index contributed by atoms with van der Waals surface area (Å²) in [5, 5.41) is 2.86. The van der Waals surface area contributed by atoms with Gasteiger partial charge < -0.3 is 11.1 Å². The number of hydrogen-bond acceptors (Lipinski definition) is 4. The van der Waals surface area contributed by atoms with Gasteiger partial charge in [-0.15, -0.1) is 0 Å². The second-order valence-corrected chi connectivity index (χ2v) is 7.29. The Kier molecular flexibility index (Phi) is 6.57. The number of nitrogens with two attached hydrogens (primary N) is 1. The van der Waals surface area contributed by atoms with Crippen LogP contribution < -0.4 is 11.1 Å². The topological polar surface area (TPSA) is 87.8 Å². The fraction of sp³-hybridized carbons (Fsp3) is 0.917. The van der Waals surface area contributed by atoms with Gasteiger partial charge in [-0.2, -0.15) is 0 Å². The largest absolute Gasteiger partial charge is 0.370 e. The summed E-state index contributed by atoms with van der Waals surface area (Å²) in [7, 11) is -2.94. The molecule has 3 N–H and O–H groups in total. The summed E-state index contributed by atoms with van der Waals surface area (Å²) in [6.45, 7) is 6.99. The van der Waals surface area contributed by atoms with E-state index in [1.165, 1.54) is 6.42 Å². The molecule has 7 heteroatoms. The molecule has 0 spiro atoms. The Labute approximate surface area is 116 Å². The Balaban J connectivity index is 2.29. The number of nitrogens with zero attached hydrogens (tertiary/aromatic N) is 2. The van der Waals surface area contributed by atoms with Crippen molar-refractivity contribution >= 4 is 15.8 Å². The lowest BCUT2D eigenvalue weighted by Crippen LogP contribution is -2.37. The van der Waals surface area contributed by atoms with Crippen molar-refractivity contribution in [2.75, 3.05) is 37.7 Å². The van der Waals surface area contributed by atoms with E-state index in [-0.39, 0.29) is 11.5 Å². The first-order valence-electron chi connectivity index (χ1n) is 6.96. The van der Waals surface area contributed by atoms with Crippen LogP contribution in [0.5, 0.6) is 0 Å². The van der Waals surface area contributed by atoms with Crippen LogP contribution in [0.15, 0.2) is 4.99 Å². The van der Waals surface area contributed by atoms with Gasteiger partial charge in [0.15, 0.2) is 15.8 Å². The zero-order valence-electron chi connectivity index (χ0n) is 11.9. The SMILES string of the molecule is CCN1CCCC1CN=C(N)NCCS(=O)(=O)CC. The fourth-order valence-corrected chi connectivity index (χ4v) is 2.96. The van der Waals surface area contributed by atoms with Crippen LogP contribution in [0.3, 0.4) is 0 Å². The van der Waals surface area contributed by atoms with E-state index in [0.29, 0.717) is 25.1 Å². The van der Waals surface area contributed by atoms with Crippen molar-refractivity contribution in [3.63, 3.8) is 0 Å². The zero-order chi connectivity index (χ0) is 14.3. The van der Waals surface area contributed by atoms with Crippen LogP contribution in [-0.2, 0) is 9.84 Å². The summed E-state index contributed by atoms with van der Waals surface area (Å²) in [5.74, 6) is 0.609. The maximum absolute atomic E-state index is 11.3. The van der Waals surface area contributed by atoms with E-state index in [1.807, 2.05) is 0 Å². The second-order valence-electron chi connectivity index (χ2n) is 4.81. The second kappa shape index (κ2) is 7.69. The van der Waals surface area contributed by atoms with E-state index in [1.54, 1.807) is 6.92 Å². The summed E-state index contributed by atoms with van der Waals surface area (Å²) in [6.07, 6.45) is 2.38. The minimum atomic E-state index is -2.94. The molecule has 1 aliphatic rings. The number of likely N-dealkylation sites (tertiary alicyclic amines) is 1. The summed E-state index contributed by atoms with van der Waals surface area (Å²) in [5.41, 5.74) is 5.74. The molecule has 0 aromatic heterocycles. The number of guanidine groups is 1. The molecule has 112 valence electrons. The normalized spacial score (nSPS) is 21.8. The lowest BCUT2D eigenvalue weighted by atomic mass is 10.2. The number of aliphatic imine (C=N–C) groups is 1. The maximum Gasteiger partial charge on any atom is 0.188 e. The Hall–Kier alpha value is -0.820. The molecule has 0 aromatic rings. The molecule has 1 saturated heterocycles. The molecule has 1 unspecified atom stereocenters. The highest BCUT2D eigenvalue weighted by Crippen LogP contribution is 2.16. The Morgan fingerprint density at radius 1 is 1.47 bits per heavy atom. The summed E-state index contributed by atoms with van der Waals surface area (Å²) >= 11 is 0. The molecule has 1 aliphatic heterocycles. The molecular formula is C12H26N4O2S. The molecule has 6 nitrogen and oxygen atoms in total. The standard InChI is InChI=1S/C12H26N4O2S/c1-3-16-8-5-6-11(16)10-15-12(13)14-7-9-19(17,18)4-2/h11H,3-10H2,1-2H3,(H3,13,14,15). The number of nitrogens with one attached hydrogen (secondary N) is 1. The molecule has 0 saturated carbocycles. The maximum atomic E-state index is 11.3. The average molecular weight is 290 g/mol. The minimum Gasteiger partial charge on any atom is -0.370 e. The molecule has 0 amide bonds. The highest BCUT2D eigenvalue weighted by atomic mass is 32.2. The van der Waals surface area contributed by atoms with Gasteiger partial charge in [-0.3, -0.25) is 9.89 Å². The van der Waals surface area contributed by atoms with Crippen LogP contribution in [0.1, 0.15) is 26.7 Å². The third kappa shape index (κ3) is 5.78. The van der Waals surface area contributed by atoms with Crippen LogP contribution in [0.25, 0.3) is 0 Å². The third-order valence-corrected chi connectivity index (χ3v) is 5.24. The van der Waals surface area contributed by atoms with Gasteiger partial charge >= 0.3 is 0 Å². The smallest absolute Gasteiger partial charge is 0.188 e. The van der Waals surface area contributed by atoms with Crippen LogP contribution in [0, 0.1) is 0 Å². The highest BCUT2D eigenvalue weighted by Gasteiger charge is 2.22. The molecule has 0 radical (unpaired) electrons. The van der Waals surface area contributed by atoms with Gasteiger partial charge in [0.2, 0.25) is 0 Å². The molecule has 1 rings (SSSR count). The van der Waals surface area contributed by atoms with E-state index in [4.69, 9.17) is 5.73 Å². The molecule has 1 heterocycles. The van der Waals surface area contributed by atoms with Gasteiger partial charge in [-0.1, -0.05) is 13.8 Å². The first-order chi connectivity index (χ1) is 8.98. The number of likely N-dealkylation sites (N-methyl/N-ethyl adjacent to an activating group) is 1. The van der Waals surface area contributed by atoms with Crippen molar-refractivity contribution in [3.8, 4) is 0 Å². The van der Waals surface area contributed by atoms with E-state index in [0.717, 1.165) is 19.5 Å². The van der Waals surface area contributed by atoms with Gasteiger partial charge in [0, 0.05) is 18.3 Å². The Morgan fingerprint density at radius 2 is 2.21 bits per heavy atom. The predicted molar refractivity (Wildman–Crippen MR) is 79.1 cm³/mol. The van der Waals surface area contributed by atoms with Crippen molar-refractivity contribution < 1.29 is 8.42 Å². The Morgan fingerprint density at radius 3 is 2.84 bits per heavy atom. The van der Waals surface area contributed by atoms with Gasteiger partial charge in [-0.25, -0.2) is 8.42 Å². The van der Waals surface area contributed by atoms with Gasteiger partial charge in [0.25, 0.3) is 0 Å². The molecule has 0 bridgehead atoms. The van der Waals surface area contributed by atoms with Crippen LogP contribution in [0.2, 0.25) is 0 Å². The number of hydrogen-bond donors (Lipinski definition) is 2. The fourth-order valence-electron chi connectivity index (χ4n) is 2.26. The lowest BCUT2D eigenvalue weighted by molar-refractivity contribution is 0.273. The monoisotopic (exact) mass is 290 g/mol. The first kappa shape index (κ1) is 16.2. The van der Waals surface area contributed by atoms with Crippen molar-refractivity contribution in [1.82, 2.24) is 10.2 Å². The van der Waals surface area contributed by atoms with Crippen LogP contribution in [-0.4, -0.2) is 63.0 Å². The number of sulfone groups is 1. The van der Waals surface area contributed by atoms with E-state index < -0.39 is 9.84 Å². The van der Waals surface area contributed by atoms with Gasteiger partial charge in [0.05, 0.1) is 12.3 Å².